The summed E-state index contributed by atoms with van der Waals surface area (Å²) >= 11 is 8.95. The van der Waals surface area contributed by atoms with Crippen LogP contribution in [0.3, 0.4) is 0 Å². The minimum atomic E-state index is 0.152. The molecule has 2 heterocycles. The largest absolute Gasteiger partial charge is 0.328 e. The monoisotopic (exact) mass is 350 g/mol. The first kappa shape index (κ1) is 13.6. The number of nitrogens with one attached hydrogen (secondary N) is 1. The molecule has 1 aromatic carbocycles. The molecule has 1 unspecified atom stereocenters. The highest BCUT2D eigenvalue weighted by Crippen LogP contribution is 2.26. The summed E-state index contributed by atoms with van der Waals surface area (Å²) in [5, 5.41) is 4.45. The number of imidazole rings is 1. The number of aryl methyl sites for hydroxylation is 2. The van der Waals surface area contributed by atoms with Crippen molar-refractivity contribution in [1.82, 2.24) is 19.3 Å². The predicted molar refractivity (Wildman–Crippen MR) is 86.6 cm³/mol. The molecule has 2 aromatic heterocycles. The zero-order valence-electron chi connectivity index (χ0n) is 11.5. The fraction of sp³-hybridized carbons (Fsp3) is 0.286. The smallest absolute Gasteiger partial charge is 0.179 e. The quantitative estimate of drug-likeness (QED) is 0.706. The Morgan fingerprint density at radius 3 is 2.60 bits per heavy atom. The average Bonchev–Trinajstić information content (AvgIpc) is 2.88. The Morgan fingerprint density at radius 1 is 1.30 bits per heavy atom. The molecule has 0 saturated heterocycles. The highest BCUT2D eigenvalue weighted by molar-refractivity contribution is 9.10. The van der Waals surface area contributed by atoms with E-state index >= 15 is 0 Å². The molecule has 1 atom stereocenters. The molecule has 0 aliphatic heterocycles. The highest BCUT2D eigenvalue weighted by Gasteiger charge is 2.17. The molecule has 0 fully saturated rings. The van der Waals surface area contributed by atoms with Crippen LogP contribution in [0.5, 0.6) is 0 Å². The number of aromatic amines is 1. The first-order valence-corrected chi connectivity index (χ1v) is 7.58. The van der Waals surface area contributed by atoms with Crippen LogP contribution in [-0.2, 0) is 7.05 Å². The van der Waals surface area contributed by atoms with Crippen LogP contribution in [0.15, 0.2) is 28.7 Å². The predicted octanol–water partition coefficient (Wildman–Crippen LogP) is 4.11. The van der Waals surface area contributed by atoms with E-state index in [9.17, 15) is 0 Å². The summed E-state index contributed by atoms with van der Waals surface area (Å²) < 4.78 is 5.81. The molecule has 0 aliphatic carbocycles. The molecular weight excluding hydrogens is 336 g/mol. The van der Waals surface area contributed by atoms with E-state index < -0.39 is 0 Å². The van der Waals surface area contributed by atoms with Gasteiger partial charge in [0.25, 0.3) is 0 Å². The lowest BCUT2D eigenvalue weighted by Crippen LogP contribution is -2.09. The van der Waals surface area contributed by atoms with E-state index in [-0.39, 0.29) is 6.04 Å². The fourth-order valence-corrected chi connectivity index (χ4v) is 3.19. The molecule has 104 valence electrons. The number of rotatable bonds is 2. The molecule has 1 N–H and O–H groups in total. The van der Waals surface area contributed by atoms with Crippen molar-refractivity contribution >= 4 is 39.3 Å². The van der Waals surface area contributed by atoms with Gasteiger partial charge in [0.1, 0.15) is 5.52 Å². The second kappa shape index (κ2) is 4.86. The van der Waals surface area contributed by atoms with Gasteiger partial charge >= 0.3 is 0 Å². The Bertz CT molecular complexity index is 825. The maximum atomic E-state index is 5.48. The minimum absolute atomic E-state index is 0.152. The number of H-pyrrole nitrogens is 1. The van der Waals surface area contributed by atoms with Crippen LogP contribution >= 0.6 is 28.1 Å². The average molecular weight is 351 g/mol. The summed E-state index contributed by atoms with van der Waals surface area (Å²) in [5.41, 5.74) is 4.23. The van der Waals surface area contributed by atoms with Crippen LogP contribution in [0.2, 0.25) is 0 Å². The third-order valence-corrected chi connectivity index (χ3v) is 4.44. The van der Waals surface area contributed by atoms with Crippen molar-refractivity contribution in [3.05, 3.63) is 44.8 Å². The van der Waals surface area contributed by atoms with Gasteiger partial charge in [-0.15, -0.1) is 0 Å². The summed E-state index contributed by atoms with van der Waals surface area (Å²) in [7, 11) is 1.95. The highest BCUT2D eigenvalue weighted by atomic mass is 79.9. The van der Waals surface area contributed by atoms with Gasteiger partial charge in [-0.05, 0) is 43.8 Å². The van der Waals surface area contributed by atoms with Crippen LogP contribution < -0.4 is 0 Å². The Morgan fingerprint density at radius 2 is 1.95 bits per heavy atom. The molecule has 0 aliphatic rings. The van der Waals surface area contributed by atoms with Crippen LogP contribution in [0.4, 0.5) is 0 Å². The lowest BCUT2D eigenvalue weighted by atomic mass is 10.1. The van der Waals surface area contributed by atoms with Gasteiger partial charge in [-0.2, -0.15) is 5.10 Å². The van der Waals surface area contributed by atoms with Crippen molar-refractivity contribution in [2.45, 2.75) is 19.9 Å². The summed E-state index contributed by atoms with van der Waals surface area (Å²) in [4.78, 5) is 3.26. The normalized spacial score (nSPS) is 13.0. The van der Waals surface area contributed by atoms with Crippen molar-refractivity contribution < 1.29 is 0 Å². The van der Waals surface area contributed by atoms with Gasteiger partial charge in [0.2, 0.25) is 0 Å². The molecule has 0 amide bonds. The Balaban J connectivity index is 2.21. The van der Waals surface area contributed by atoms with Crippen molar-refractivity contribution in [1.29, 1.82) is 0 Å². The van der Waals surface area contributed by atoms with E-state index in [1.165, 1.54) is 5.56 Å². The number of halogens is 1. The standard InChI is InChI=1S/C14H15BrN4S/c1-8-12-13(18(3)17-8)19(14(20)16-12)9(2)10-4-6-11(15)7-5-10/h4-7,9H,1-3H3,(H,16,20). The van der Waals surface area contributed by atoms with Gasteiger partial charge < -0.3 is 4.98 Å². The lowest BCUT2D eigenvalue weighted by molar-refractivity contribution is 0.620. The second-order valence-electron chi connectivity index (χ2n) is 4.94. The molecule has 6 heteroatoms. The molecule has 20 heavy (non-hydrogen) atoms. The van der Waals surface area contributed by atoms with Gasteiger partial charge in [0.05, 0.1) is 11.7 Å². The third kappa shape index (κ3) is 2.03. The van der Waals surface area contributed by atoms with Gasteiger partial charge in [-0.1, -0.05) is 28.1 Å². The van der Waals surface area contributed by atoms with E-state index in [1.54, 1.807) is 0 Å². The van der Waals surface area contributed by atoms with E-state index in [2.05, 4.69) is 49.6 Å². The van der Waals surface area contributed by atoms with Crippen molar-refractivity contribution in [2.24, 2.45) is 7.05 Å². The van der Waals surface area contributed by atoms with Crippen LogP contribution in [0.1, 0.15) is 24.2 Å². The lowest BCUT2D eigenvalue weighted by Gasteiger charge is -2.15. The van der Waals surface area contributed by atoms with Crippen LogP contribution in [0, 0.1) is 11.7 Å². The van der Waals surface area contributed by atoms with E-state index in [4.69, 9.17) is 12.2 Å². The molecule has 0 bridgehead atoms. The SMILES string of the molecule is Cc1nn(C)c2c1[nH]c(=S)n2C(C)c1ccc(Br)cc1. The van der Waals surface area contributed by atoms with Gasteiger partial charge in [-0.3, -0.25) is 9.25 Å². The van der Waals surface area contributed by atoms with Crippen molar-refractivity contribution in [3.63, 3.8) is 0 Å². The second-order valence-corrected chi connectivity index (χ2v) is 6.24. The van der Waals surface area contributed by atoms with Gasteiger partial charge in [-0.25, -0.2) is 0 Å². The first-order valence-electron chi connectivity index (χ1n) is 6.38. The Hall–Kier alpha value is -1.40. The molecule has 3 rings (SSSR count). The molecule has 0 radical (unpaired) electrons. The number of aromatic nitrogens is 4. The van der Waals surface area contributed by atoms with Crippen molar-refractivity contribution in [3.8, 4) is 0 Å². The van der Waals surface area contributed by atoms with Crippen LogP contribution in [-0.4, -0.2) is 19.3 Å². The maximum Gasteiger partial charge on any atom is 0.179 e. The zero-order chi connectivity index (χ0) is 14.4. The van der Waals surface area contributed by atoms with E-state index in [0.717, 1.165) is 26.1 Å². The van der Waals surface area contributed by atoms with E-state index in [0.29, 0.717) is 0 Å². The third-order valence-electron chi connectivity index (χ3n) is 3.61. The summed E-state index contributed by atoms with van der Waals surface area (Å²) in [6, 6.07) is 8.47. The molecule has 0 spiro atoms. The first-order chi connectivity index (χ1) is 9.49. The van der Waals surface area contributed by atoms with Crippen molar-refractivity contribution in [2.75, 3.05) is 0 Å². The topological polar surface area (TPSA) is 38.5 Å². The summed E-state index contributed by atoms with van der Waals surface area (Å²) in [6.07, 6.45) is 0. The molecule has 0 saturated carbocycles. The molecular formula is C14H15BrN4S. The number of hydrogen-bond acceptors (Lipinski definition) is 2. The zero-order valence-corrected chi connectivity index (χ0v) is 13.9. The molecule has 4 nitrogen and oxygen atoms in total. The maximum absolute atomic E-state index is 5.48. The number of nitrogens with zero attached hydrogens (tertiary/aromatic N) is 3. The number of benzene rings is 1. The van der Waals surface area contributed by atoms with Crippen LogP contribution in [0.25, 0.3) is 11.2 Å². The fourth-order valence-electron chi connectivity index (χ4n) is 2.58. The van der Waals surface area contributed by atoms with Gasteiger partial charge in [0, 0.05) is 11.5 Å². The summed E-state index contributed by atoms with van der Waals surface area (Å²) in [5.74, 6) is 0. The Kier molecular flexibility index (Phi) is 3.30. The van der Waals surface area contributed by atoms with Gasteiger partial charge in [0.15, 0.2) is 10.4 Å². The number of fused-ring (bicyclic) bond motifs is 1. The Labute approximate surface area is 130 Å². The minimum Gasteiger partial charge on any atom is -0.328 e. The summed E-state index contributed by atoms with van der Waals surface area (Å²) in [6.45, 7) is 4.14. The van der Waals surface area contributed by atoms with E-state index in [1.807, 2.05) is 30.8 Å². The number of hydrogen-bond donors (Lipinski definition) is 1. The molecule has 3 aromatic rings.